The van der Waals surface area contributed by atoms with Crippen LogP contribution in [-0.4, -0.2) is 42.6 Å². The van der Waals surface area contributed by atoms with Gasteiger partial charge in [0.05, 0.1) is 28.7 Å². The van der Waals surface area contributed by atoms with Crippen LogP contribution in [0.25, 0.3) is 21.7 Å². The van der Waals surface area contributed by atoms with Crippen LogP contribution in [0.4, 0.5) is 0 Å². The van der Waals surface area contributed by atoms with E-state index in [2.05, 4.69) is 32.7 Å². The Balaban J connectivity index is 1.19. The van der Waals surface area contributed by atoms with E-state index in [1.165, 1.54) is 18.4 Å². The highest BCUT2D eigenvalue weighted by Crippen LogP contribution is 2.41. The largest absolute Gasteiger partial charge is 0.389 e. The van der Waals surface area contributed by atoms with Gasteiger partial charge in [0.25, 0.3) is 11.5 Å². The zero-order chi connectivity index (χ0) is 25.7. The zero-order valence-electron chi connectivity index (χ0n) is 21.3. The minimum absolute atomic E-state index is 0.0537. The van der Waals surface area contributed by atoms with Crippen LogP contribution >= 0.6 is 0 Å². The Hall–Kier alpha value is -3.52. The van der Waals surface area contributed by atoms with E-state index < -0.39 is 5.60 Å². The molecule has 2 fully saturated rings. The van der Waals surface area contributed by atoms with E-state index in [1.54, 1.807) is 18.5 Å². The summed E-state index contributed by atoms with van der Waals surface area (Å²) in [4.78, 5) is 25.6. The number of aliphatic hydroxyl groups is 1. The van der Waals surface area contributed by atoms with Gasteiger partial charge in [-0.2, -0.15) is 10.2 Å². The van der Waals surface area contributed by atoms with E-state index in [1.807, 2.05) is 30.3 Å². The molecule has 2 heterocycles. The molecule has 0 atom stereocenters. The average Bonchev–Trinajstić information content (AvgIpc) is 3.67. The number of amides is 1. The van der Waals surface area contributed by atoms with Crippen molar-refractivity contribution < 1.29 is 9.90 Å². The minimum atomic E-state index is -0.944. The summed E-state index contributed by atoms with van der Waals surface area (Å²) >= 11 is 0. The third-order valence-corrected chi connectivity index (χ3v) is 7.75. The highest BCUT2D eigenvalue weighted by molar-refractivity contribution is 6.05. The van der Waals surface area contributed by atoms with Crippen LogP contribution in [0.3, 0.4) is 0 Å². The molecule has 192 valence electrons. The van der Waals surface area contributed by atoms with Gasteiger partial charge in [-0.1, -0.05) is 30.3 Å². The maximum absolute atomic E-state index is 13.4. The second kappa shape index (κ2) is 9.10. The van der Waals surface area contributed by atoms with Crippen molar-refractivity contribution in [1.82, 2.24) is 25.3 Å². The van der Waals surface area contributed by atoms with Crippen molar-refractivity contribution in [3.63, 3.8) is 0 Å². The average molecular weight is 500 g/mol. The van der Waals surface area contributed by atoms with Gasteiger partial charge >= 0.3 is 0 Å². The predicted octanol–water partition coefficient (Wildman–Crippen LogP) is 4.38. The summed E-state index contributed by atoms with van der Waals surface area (Å²) in [6.07, 6.45) is 5.83. The lowest BCUT2D eigenvalue weighted by Crippen LogP contribution is -2.38. The third kappa shape index (κ3) is 4.78. The first-order valence-corrected chi connectivity index (χ1v) is 13.3. The number of fused-ring (bicyclic) bond motifs is 2. The Labute approximate surface area is 215 Å². The Morgan fingerprint density at radius 2 is 1.73 bits per heavy atom. The number of hydrogen-bond acceptors (Lipinski definition) is 5. The highest BCUT2D eigenvalue weighted by atomic mass is 16.3. The van der Waals surface area contributed by atoms with E-state index in [9.17, 15) is 14.7 Å². The summed E-state index contributed by atoms with van der Waals surface area (Å²) in [5.74, 6) is 0.661. The second-order valence-electron chi connectivity index (χ2n) is 11.4. The van der Waals surface area contributed by atoms with Crippen LogP contribution < -0.4 is 10.9 Å². The number of nitrogens with one attached hydrogen (secondary N) is 2. The van der Waals surface area contributed by atoms with Crippen molar-refractivity contribution in [1.29, 1.82) is 0 Å². The van der Waals surface area contributed by atoms with Gasteiger partial charge in [-0.15, -0.1) is 0 Å². The molecule has 0 spiro atoms. The third-order valence-electron chi connectivity index (χ3n) is 7.75. The molecule has 4 aromatic rings. The molecule has 0 bridgehead atoms. The van der Waals surface area contributed by atoms with E-state index in [0.717, 1.165) is 47.7 Å². The van der Waals surface area contributed by atoms with Gasteiger partial charge in [-0.25, -0.2) is 5.10 Å². The smallest absolute Gasteiger partial charge is 0.272 e. The molecule has 2 aromatic heterocycles. The number of hydrogen-bond donors (Lipinski definition) is 3. The van der Waals surface area contributed by atoms with E-state index >= 15 is 0 Å². The molecule has 0 unspecified atom stereocenters. The monoisotopic (exact) mass is 499 g/mol. The summed E-state index contributed by atoms with van der Waals surface area (Å²) in [7, 11) is 0. The Morgan fingerprint density at radius 3 is 2.43 bits per heavy atom. The topological polar surface area (TPSA) is 113 Å². The minimum Gasteiger partial charge on any atom is -0.389 e. The van der Waals surface area contributed by atoms with Crippen molar-refractivity contribution in [2.24, 2.45) is 0 Å². The van der Waals surface area contributed by atoms with Crippen molar-refractivity contribution in [2.75, 3.05) is 0 Å². The van der Waals surface area contributed by atoms with Crippen molar-refractivity contribution >= 4 is 27.6 Å². The molecule has 0 saturated heterocycles. The Kier molecular flexibility index (Phi) is 5.87. The Morgan fingerprint density at radius 1 is 1.03 bits per heavy atom. The fourth-order valence-electron chi connectivity index (χ4n) is 5.73. The first-order valence-electron chi connectivity index (χ1n) is 13.3. The number of carbonyl (C=O) groups is 1. The van der Waals surface area contributed by atoms with Gasteiger partial charge < -0.3 is 10.4 Å². The van der Waals surface area contributed by atoms with Gasteiger partial charge in [0, 0.05) is 22.7 Å². The van der Waals surface area contributed by atoms with Crippen LogP contribution in [0.15, 0.2) is 47.3 Å². The molecule has 2 aliphatic rings. The molecule has 2 aliphatic carbocycles. The highest BCUT2D eigenvalue weighted by Gasteiger charge is 2.29. The van der Waals surface area contributed by atoms with E-state index in [0.29, 0.717) is 23.5 Å². The lowest BCUT2D eigenvalue weighted by molar-refractivity contribution is 0.0587. The van der Waals surface area contributed by atoms with Gasteiger partial charge in [0.1, 0.15) is 0 Å². The normalized spacial score (nSPS) is 20.4. The number of H-pyrrole nitrogens is 1. The van der Waals surface area contributed by atoms with Crippen LogP contribution in [0.5, 0.6) is 0 Å². The molecular formula is C29H33N5O3. The summed E-state index contributed by atoms with van der Waals surface area (Å²) in [5.41, 5.74) is 2.41. The number of carbonyl (C=O) groups excluding carboxylic acids is 1. The maximum Gasteiger partial charge on any atom is 0.272 e. The van der Waals surface area contributed by atoms with Gasteiger partial charge in [0.2, 0.25) is 0 Å². The van der Waals surface area contributed by atoms with Gasteiger partial charge in [-0.3, -0.25) is 14.3 Å². The molecule has 37 heavy (non-hydrogen) atoms. The molecule has 3 N–H and O–H groups in total. The fraction of sp³-hybridized carbons (Fsp3) is 0.448. The standard InChI is InChI=1S/C29H33N5O3/c1-29(2,37)16-34-24-15-19(17-7-8-17)11-14-23(24)26(33-34)28(36)30-20-12-9-18(10-13-20)25-21-5-3-4-6-22(21)27(35)32-31-25/h3-6,11,14-15,17-18,20,37H,7-10,12-13,16H2,1-2H3,(H,30,36)(H,32,35)/t18-,20-. The number of aromatic amines is 1. The first-order chi connectivity index (χ1) is 17.8. The summed E-state index contributed by atoms with van der Waals surface area (Å²) in [5, 5.41) is 27.8. The second-order valence-corrected chi connectivity index (χ2v) is 11.4. The summed E-state index contributed by atoms with van der Waals surface area (Å²) < 4.78 is 1.78. The van der Waals surface area contributed by atoms with Crippen LogP contribution in [0.1, 0.15) is 86.0 Å². The van der Waals surface area contributed by atoms with Crippen LogP contribution in [-0.2, 0) is 6.54 Å². The maximum atomic E-state index is 13.4. The van der Waals surface area contributed by atoms with Crippen molar-refractivity contribution in [3.05, 3.63) is 69.8 Å². The lowest BCUT2D eigenvalue weighted by atomic mass is 9.82. The molecule has 8 nitrogen and oxygen atoms in total. The Bertz CT molecular complexity index is 1530. The molecule has 0 radical (unpaired) electrons. The van der Waals surface area contributed by atoms with Crippen molar-refractivity contribution in [3.8, 4) is 0 Å². The van der Waals surface area contributed by atoms with Gasteiger partial charge in [0.15, 0.2) is 5.69 Å². The molecule has 6 rings (SSSR count). The van der Waals surface area contributed by atoms with Crippen molar-refractivity contribution in [2.45, 2.75) is 82.4 Å². The number of nitrogens with zero attached hydrogens (tertiary/aromatic N) is 3. The zero-order valence-corrected chi connectivity index (χ0v) is 21.3. The molecule has 1 amide bonds. The van der Waals surface area contributed by atoms with Crippen LogP contribution in [0, 0.1) is 0 Å². The fourth-order valence-corrected chi connectivity index (χ4v) is 5.73. The molecule has 0 aliphatic heterocycles. The summed E-state index contributed by atoms with van der Waals surface area (Å²) in [6.45, 7) is 3.82. The number of rotatable bonds is 6. The SMILES string of the molecule is CC(C)(O)Cn1nc(C(=O)N[C@H]2CC[C@H](c3n[nH]c(=O)c4ccccc43)CC2)c2ccc(C3CC3)cc21. The van der Waals surface area contributed by atoms with E-state index in [-0.39, 0.29) is 23.4 Å². The predicted molar refractivity (Wildman–Crippen MR) is 143 cm³/mol. The lowest BCUT2D eigenvalue weighted by Gasteiger charge is -2.29. The summed E-state index contributed by atoms with van der Waals surface area (Å²) in [6, 6.07) is 13.9. The van der Waals surface area contributed by atoms with Gasteiger partial charge in [-0.05, 0) is 76.0 Å². The number of benzene rings is 2. The quantitative estimate of drug-likeness (QED) is 0.364. The molecule has 8 heteroatoms. The number of aromatic nitrogens is 4. The van der Waals surface area contributed by atoms with Crippen LogP contribution in [0.2, 0.25) is 0 Å². The molecular weight excluding hydrogens is 466 g/mol. The molecule has 2 aromatic carbocycles. The molecule has 2 saturated carbocycles. The first kappa shape index (κ1) is 23.9. The van der Waals surface area contributed by atoms with E-state index in [4.69, 9.17) is 0 Å².